The van der Waals surface area contributed by atoms with Gasteiger partial charge in [-0.1, -0.05) is 0 Å². The van der Waals surface area contributed by atoms with Crippen LogP contribution in [0.3, 0.4) is 0 Å². The van der Waals surface area contributed by atoms with E-state index in [1.807, 2.05) is 0 Å². The Morgan fingerprint density at radius 2 is 1.92 bits per heavy atom. The van der Waals surface area contributed by atoms with Crippen LogP contribution in [0.5, 0.6) is 0 Å². The molecule has 0 amide bonds. The van der Waals surface area contributed by atoms with Gasteiger partial charge in [0.15, 0.2) is 0 Å². The van der Waals surface area contributed by atoms with Crippen molar-refractivity contribution in [2.24, 2.45) is 14.1 Å². The minimum Gasteiger partial charge on any atom is -0.234 e. The van der Waals surface area contributed by atoms with Crippen LogP contribution in [0, 0.1) is 6.92 Å². The Balaban J connectivity index is 2.60. The lowest BCUT2D eigenvalue weighted by atomic mass is 10.0. The van der Waals surface area contributed by atoms with Crippen LogP contribution >= 0.6 is 0 Å². The summed E-state index contributed by atoms with van der Waals surface area (Å²) in [6, 6.07) is 0. The molecule has 2 rings (SSSR count). The molecule has 0 aromatic carbocycles. The first kappa shape index (κ1) is 7.84. The third-order valence-corrected chi connectivity index (χ3v) is 3.19. The first-order valence-corrected chi connectivity index (χ1v) is 4.75. The Labute approximate surface area is 73.8 Å². The molecule has 0 unspecified atom stereocenters. The summed E-state index contributed by atoms with van der Waals surface area (Å²) in [7, 11) is 4.36. The van der Waals surface area contributed by atoms with Gasteiger partial charge in [0, 0.05) is 19.8 Å². The van der Waals surface area contributed by atoms with Crippen LogP contribution in [-0.4, -0.2) is 4.57 Å². The maximum atomic E-state index is 2.34. The van der Waals surface area contributed by atoms with Gasteiger partial charge in [-0.3, -0.25) is 0 Å². The third-order valence-electron chi connectivity index (χ3n) is 3.19. The summed E-state index contributed by atoms with van der Waals surface area (Å²) >= 11 is 0. The summed E-state index contributed by atoms with van der Waals surface area (Å²) in [5, 5.41) is 0. The highest BCUT2D eigenvalue weighted by Gasteiger charge is 2.25. The van der Waals surface area contributed by atoms with Crippen LogP contribution in [-0.2, 0) is 26.9 Å². The molecule has 0 saturated carbocycles. The highest BCUT2D eigenvalue weighted by molar-refractivity contribution is 5.13. The quantitative estimate of drug-likeness (QED) is 0.508. The Bertz CT molecular complexity index is 281. The van der Waals surface area contributed by atoms with E-state index >= 15 is 0 Å². The van der Waals surface area contributed by atoms with Crippen molar-refractivity contribution in [3.05, 3.63) is 17.2 Å². The lowest BCUT2D eigenvalue weighted by molar-refractivity contribution is -0.684. The molecular weight excluding hydrogens is 148 g/mol. The molecule has 12 heavy (non-hydrogen) atoms. The third kappa shape index (κ3) is 0.904. The number of hydrogen-bond donors (Lipinski definition) is 0. The normalized spacial score (nSPS) is 16.2. The monoisotopic (exact) mass is 165 g/mol. The molecule has 0 spiro atoms. The topological polar surface area (TPSA) is 8.81 Å². The molecular formula is C10H17N2+. The van der Waals surface area contributed by atoms with Crippen molar-refractivity contribution in [3.8, 4) is 0 Å². The van der Waals surface area contributed by atoms with E-state index in [1.54, 1.807) is 11.4 Å². The van der Waals surface area contributed by atoms with Crippen molar-refractivity contribution >= 4 is 0 Å². The van der Waals surface area contributed by atoms with Gasteiger partial charge in [0.1, 0.15) is 11.4 Å². The van der Waals surface area contributed by atoms with Crippen LogP contribution in [0.15, 0.2) is 0 Å². The largest absolute Gasteiger partial charge is 0.253 e. The van der Waals surface area contributed by atoms with Gasteiger partial charge in [0.05, 0.1) is 14.1 Å². The van der Waals surface area contributed by atoms with Gasteiger partial charge in [0.25, 0.3) is 5.82 Å². The summed E-state index contributed by atoms with van der Waals surface area (Å²) in [5.74, 6) is 1.38. The molecule has 1 aliphatic rings. The maximum absolute atomic E-state index is 2.34. The van der Waals surface area contributed by atoms with Crippen LogP contribution < -0.4 is 4.57 Å². The highest BCUT2D eigenvalue weighted by atomic mass is 15.1. The van der Waals surface area contributed by atoms with Crippen molar-refractivity contribution in [2.75, 3.05) is 0 Å². The van der Waals surface area contributed by atoms with Gasteiger partial charge in [0.2, 0.25) is 0 Å². The van der Waals surface area contributed by atoms with E-state index in [0.29, 0.717) is 0 Å². The van der Waals surface area contributed by atoms with Crippen LogP contribution in [0.4, 0.5) is 0 Å². The molecule has 1 aromatic rings. The maximum Gasteiger partial charge on any atom is 0.253 e. The summed E-state index contributed by atoms with van der Waals surface area (Å²) in [5.41, 5.74) is 3.11. The van der Waals surface area contributed by atoms with Gasteiger partial charge in [-0.05, 0) is 12.8 Å². The zero-order valence-electron chi connectivity index (χ0n) is 8.22. The Hall–Kier alpha value is -0.790. The molecule has 1 aliphatic carbocycles. The average molecular weight is 165 g/mol. The number of rotatable bonds is 0. The predicted molar refractivity (Wildman–Crippen MR) is 48.0 cm³/mol. The fraction of sp³-hybridized carbons (Fsp3) is 0.700. The second-order valence-electron chi connectivity index (χ2n) is 3.77. The summed E-state index contributed by atoms with van der Waals surface area (Å²) in [6.07, 6.45) is 5.27. The number of imidazole rings is 1. The predicted octanol–water partition coefficient (Wildman–Crippen LogP) is 1.04. The molecule has 66 valence electrons. The molecule has 0 fully saturated rings. The van der Waals surface area contributed by atoms with E-state index in [4.69, 9.17) is 0 Å². The lowest BCUT2D eigenvalue weighted by Gasteiger charge is -2.07. The molecule has 2 heteroatoms. The SMILES string of the molecule is Cc1n(C)c2c([n+]1C)CCCC2. The van der Waals surface area contributed by atoms with E-state index in [0.717, 1.165) is 0 Å². The fourth-order valence-corrected chi connectivity index (χ4v) is 2.21. The van der Waals surface area contributed by atoms with E-state index in [-0.39, 0.29) is 0 Å². The van der Waals surface area contributed by atoms with Gasteiger partial charge < -0.3 is 0 Å². The van der Waals surface area contributed by atoms with Crippen LogP contribution in [0.2, 0.25) is 0 Å². The average Bonchev–Trinajstić information content (AvgIpc) is 2.33. The molecule has 0 bridgehead atoms. The zero-order chi connectivity index (χ0) is 8.72. The van der Waals surface area contributed by atoms with Gasteiger partial charge in [-0.25, -0.2) is 9.13 Å². The molecule has 0 atom stereocenters. The van der Waals surface area contributed by atoms with Gasteiger partial charge in [-0.2, -0.15) is 0 Å². The Morgan fingerprint density at radius 3 is 2.58 bits per heavy atom. The first-order chi connectivity index (χ1) is 5.72. The minimum absolute atomic E-state index is 1.27. The molecule has 0 saturated heterocycles. The molecule has 0 aliphatic heterocycles. The van der Waals surface area contributed by atoms with E-state index in [9.17, 15) is 0 Å². The molecule has 1 heterocycles. The Morgan fingerprint density at radius 1 is 1.25 bits per heavy atom. The minimum atomic E-state index is 1.27. The second kappa shape index (κ2) is 2.61. The summed E-state index contributed by atoms with van der Waals surface area (Å²) < 4.78 is 4.68. The summed E-state index contributed by atoms with van der Waals surface area (Å²) in [4.78, 5) is 0. The molecule has 1 aromatic heterocycles. The molecule has 0 radical (unpaired) electrons. The van der Waals surface area contributed by atoms with Crippen molar-refractivity contribution in [1.29, 1.82) is 0 Å². The van der Waals surface area contributed by atoms with Crippen molar-refractivity contribution in [2.45, 2.75) is 32.6 Å². The standard InChI is InChI=1S/C10H17N2/c1-8-11(2)9-6-4-5-7-10(9)12(8)3/h4-7H2,1-3H3/q+1. The number of aromatic nitrogens is 2. The molecule has 2 nitrogen and oxygen atoms in total. The molecule has 0 N–H and O–H groups in total. The van der Waals surface area contributed by atoms with Gasteiger partial charge >= 0.3 is 0 Å². The number of hydrogen-bond acceptors (Lipinski definition) is 0. The van der Waals surface area contributed by atoms with Crippen molar-refractivity contribution in [1.82, 2.24) is 4.57 Å². The van der Waals surface area contributed by atoms with E-state index in [2.05, 4.69) is 30.2 Å². The first-order valence-electron chi connectivity index (χ1n) is 4.75. The van der Waals surface area contributed by atoms with Crippen molar-refractivity contribution in [3.63, 3.8) is 0 Å². The fourth-order valence-electron chi connectivity index (χ4n) is 2.21. The lowest BCUT2D eigenvalue weighted by Crippen LogP contribution is -2.35. The Kier molecular flexibility index (Phi) is 1.71. The van der Waals surface area contributed by atoms with E-state index < -0.39 is 0 Å². The second-order valence-corrected chi connectivity index (χ2v) is 3.77. The van der Waals surface area contributed by atoms with Crippen LogP contribution in [0.1, 0.15) is 30.1 Å². The summed E-state index contributed by atoms with van der Waals surface area (Å²) in [6.45, 7) is 2.19. The number of nitrogens with zero attached hydrogens (tertiary/aromatic N) is 2. The van der Waals surface area contributed by atoms with Gasteiger partial charge in [-0.15, -0.1) is 0 Å². The number of fused-ring (bicyclic) bond motifs is 1. The van der Waals surface area contributed by atoms with E-state index in [1.165, 1.54) is 31.5 Å². The van der Waals surface area contributed by atoms with Crippen LogP contribution in [0.25, 0.3) is 0 Å². The van der Waals surface area contributed by atoms with Crippen molar-refractivity contribution < 1.29 is 4.57 Å². The highest BCUT2D eigenvalue weighted by Crippen LogP contribution is 2.18. The smallest absolute Gasteiger partial charge is 0.234 e. The zero-order valence-corrected chi connectivity index (χ0v) is 8.22.